The van der Waals surface area contributed by atoms with Crippen LogP contribution in [0.4, 0.5) is 5.82 Å². The highest BCUT2D eigenvalue weighted by Gasteiger charge is 2.26. The van der Waals surface area contributed by atoms with Crippen molar-refractivity contribution in [2.75, 3.05) is 30.3 Å². The summed E-state index contributed by atoms with van der Waals surface area (Å²) in [4.78, 5) is 40.5. The quantitative estimate of drug-likeness (QED) is 0.422. The standard InChI is InChI=1S/C19H23ClN6O2S/c1-13-11-25(7-8-26(13)14(2)27)17-9-16(20)23-19(24-17)29-12-18(28)22-10-15-3-5-21-6-4-15/h3-6,9,13H,7-8,10-12H2,1-2H3,(H,22,28). The van der Waals surface area contributed by atoms with Gasteiger partial charge in [0.15, 0.2) is 5.16 Å². The molecule has 3 rings (SSSR count). The Morgan fingerprint density at radius 2 is 2.03 bits per heavy atom. The molecule has 1 unspecified atom stereocenters. The molecule has 1 N–H and O–H groups in total. The number of aromatic nitrogens is 3. The van der Waals surface area contributed by atoms with Crippen molar-refractivity contribution >= 4 is 41.0 Å². The minimum absolute atomic E-state index is 0.0758. The second kappa shape index (κ2) is 9.89. The van der Waals surface area contributed by atoms with Gasteiger partial charge in [-0.05, 0) is 24.6 Å². The maximum Gasteiger partial charge on any atom is 0.230 e. The first-order chi connectivity index (χ1) is 13.9. The van der Waals surface area contributed by atoms with Crippen molar-refractivity contribution in [3.05, 3.63) is 41.3 Å². The number of pyridine rings is 1. The molecule has 1 aliphatic heterocycles. The Bertz CT molecular complexity index is 869. The zero-order valence-corrected chi connectivity index (χ0v) is 17.9. The maximum absolute atomic E-state index is 12.1. The van der Waals surface area contributed by atoms with E-state index >= 15 is 0 Å². The highest BCUT2D eigenvalue weighted by molar-refractivity contribution is 7.99. The fourth-order valence-electron chi connectivity index (χ4n) is 3.13. The zero-order valence-electron chi connectivity index (χ0n) is 16.3. The molecule has 8 nitrogen and oxygen atoms in total. The smallest absolute Gasteiger partial charge is 0.230 e. The van der Waals surface area contributed by atoms with Crippen LogP contribution in [0.25, 0.3) is 0 Å². The fraction of sp³-hybridized carbons (Fsp3) is 0.421. The predicted octanol–water partition coefficient (Wildman–Crippen LogP) is 1.99. The summed E-state index contributed by atoms with van der Waals surface area (Å²) < 4.78 is 0. The first kappa shape index (κ1) is 21.3. The minimum atomic E-state index is -0.111. The molecular formula is C19H23ClN6O2S. The summed E-state index contributed by atoms with van der Waals surface area (Å²) in [6.45, 7) is 6.03. The molecule has 1 fully saturated rings. The van der Waals surface area contributed by atoms with Gasteiger partial charge >= 0.3 is 0 Å². The molecule has 2 amide bonds. The number of piperazine rings is 1. The van der Waals surface area contributed by atoms with E-state index in [0.717, 1.165) is 5.56 Å². The summed E-state index contributed by atoms with van der Waals surface area (Å²) in [5.41, 5.74) is 0.985. The first-order valence-electron chi connectivity index (χ1n) is 9.27. The van der Waals surface area contributed by atoms with E-state index in [1.165, 1.54) is 11.8 Å². The van der Waals surface area contributed by atoms with Gasteiger partial charge in [-0.2, -0.15) is 0 Å². The Balaban J connectivity index is 1.56. The average molecular weight is 435 g/mol. The number of rotatable bonds is 6. The van der Waals surface area contributed by atoms with Gasteiger partial charge in [0.2, 0.25) is 11.8 Å². The van der Waals surface area contributed by atoms with E-state index < -0.39 is 0 Å². The van der Waals surface area contributed by atoms with Gasteiger partial charge in [-0.3, -0.25) is 14.6 Å². The SMILES string of the molecule is CC(=O)N1CCN(c2cc(Cl)nc(SCC(=O)NCc3ccncc3)n2)CC1C. The van der Waals surface area contributed by atoms with E-state index in [2.05, 4.69) is 25.2 Å². The van der Waals surface area contributed by atoms with Crippen LogP contribution in [0.15, 0.2) is 35.7 Å². The van der Waals surface area contributed by atoms with Gasteiger partial charge < -0.3 is 15.1 Å². The van der Waals surface area contributed by atoms with Crippen LogP contribution in [0.2, 0.25) is 5.15 Å². The lowest BCUT2D eigenvalue weighted by Crippen LogP contribution is -2.53. The lowest BCUT2D eigenvalue weighted by molar-refractivity contribution is -0.131. The number of amides is 2. The number of thioether (sulfide) groups is 1. The van der Waals surface area contributed by atoms with Crippen molar-refractivity contribution in [3.8, 4) is 0 Å². The van der Waals surface area contributed by atoms with Crippen LogP contribution in [0, 0.1) is 0 Å². The van der Waals surface area contributed by atoms with Crippen LogP contribution in [-0.2, 0) is 16.1 Å². The third-order valence-corrected chi connectivity index (χ3v) is 5.63. The van der Waals surface area contributed by atoms with Crippen molar-refractivity contribution in [3.63, 3.8) is 0 Å². The molecule has 3 heterocycles. The third kappa shape index (κ3) is 6.04. The number of nitrogens with one attached hydrogen (secondary N) is 1. The van der Waals surface area contributed by atoms with Crippen molar-refractivity contribution in [1.29, 1.82) is 0 Å². The van der Waals surface area contributed by atoms with E-state index in [1.807, 2.05) is 24.0 Å². The molecule has 10 heteroatoms. The minimum Gasteiger partial charge on any atom is -0.353 e. The number of carbonyl (C=O) groups excluding carboxylic acids is 2. The van der Waals surface area contributed by atoms with Crippen LogP contribution < -0.4 is 10.2 Å². The molecule has 29 heavy (non-hydrogen) atoms. The summed E-state index contributed by atoms with van der Waals surface area (Å²) in [7, 11) is 0. The highest BCUT2D eigenvalue weighted by atomic mass is 35.5. The molecule has 2 aromatic heterocycles. The zero-order chi connectivity index (χ0) is 20.8. The molecule has 1 aliphatic rings. The van der Waals surface area contributed by atoms with Crippen molar-refractivity contribution in [1.82, 2.24) is 25.2 Å². The number of hydrogen-bond donors (Lipinski definition) is 1. The van der Waals surface area contributed by atoms with Gasteiger partial charge in [0, 0.05) is 57.6 Å². The van der Waals surface area contributed by atoms with Crippen molar-refractivity contribution < 1.29 is 9.59 Å². The van der Waals surface area contributed by atoms with Crippen LogP contribution in [0.5, 0.6) is 0 Å². The second-order valence-electron chi connectivity index (χ2n) is 6.76. The molecule has 0 spiro atoms. The van der Waals surface area contributed by atoms with E-state index in [4.69, 9.17) is 11.6 Å². The first-order valence-corrected chi connectivity index (χ1v) is 10.6. The molecule has 0 saturated carbocycles. The lowest BCUT2D eigenvalue weighted by atomic mass is 10.2. The van der Waals surface area contributed by atoms with Gasteiger partial charge in [0.25, 0.3) is 0 Å². The average Bonchev–Trinajstić information content (AvgIpc) is 2.70. The molecule has 2 aromatic rings. The van der Waals surface area contributed by atoms with Gasteiger partial charge in [-0.15, -0.1) is 0 Å². The molecule has 154 valence electrons. The van der Waals surface area contributed by atoms with Gasteiger partial charge in [0.1, 0.15) is 11.0 Å². The van der Waals surface area contributed by atoms with Gasteiger partial charge in [0.05, 0.1) is 5.75 Å². The summed E-state index contributed by atoms with van der Waals surface area (Å²) in [6, 6.07) is 5.51. The molecule has 1 saturated heterocycles. The second-order valence-corrected chi connectivity index (χ2v) is 8.09. The number of anilines is 1. The largest absolute Gasteiger partial charge is 0.353 e. The van der Waals surface area contributed by atoms with E-state index in [9.17, 15) is 9.59 Å². The van der Waals surface area contributed by atoms with Crippen LogP contribution in [0.1, 0.15) is 19.4 Å². The summed E-state index contributed by atoms with van der Waals surface area (Å²) in [6.07, 6.45) is 3.38. The number of halogens is 1. The topological polar surface area (TPSA) is 91.3 Å². The Hall–Kier alpha value is -2.39. The van der Waals surface area contributed by atoms with Crippen molar-refractivity contribution in [2.45, 2.75) is 31.6 Å². The third-order valence-electron chi connectivity index (χ3n) is 4.59. The summed E-state index contributed by atoms with van der Waals surface area (Å²) >= 11 is 7.42. The molecule has 0 bridgehead atoms. The lowest BCUT2D eigenvalue weighted by Gasteiger charge is -2.40. The summed E-state index contributed by atoms with van der Waals surface area (Å²) in [5, 5.41) is 3.64. The Kier molecular flexibility index (Phi) is 7.27. The fourth-order valence-corrected chi connectivity index (χ4v) is 4.04. The number of carbonyl (C=O) groups is 2. The highest BCUT2D eigenvalue weighted by Crippen LogP contribution is 2.24. The van der Waals surface area contributed by atoms with E-state index in [0.29, 0.717) is 42.3 Å². The Labute approximate surface area is 179 Å². The maximum atomic E-state index is 12.1. The Morgan fingerprint density at radius 1 is 1.28 bits per heavy atom. The molecule has 0 aliphatic carbocycles. The molecule has 0 radical (unpaired) electrons. The van der Waals surface area contributed by atoms with Gasteiger partial charge in [-0.25, -0.2) is 9.97 Å². The van der Waals surface area contributed by atoms with E-state index in [1.54, 1.807) is 25.4 Å². The molecule has 0 aromatic carbocycles. The number of nitrogens with zero attached hydrogens (tertiary/aromatic N) is 5. The molecular weight excluding hydrogens is 412 g/mol. The van der Waals surface area contributed by atoms with Gasteiger partial charge in [-0.1, -0.05) is 23.4 Å². The van der Waals surface area contributed by atoms with Crippen LogP contribution in [0.3, 0.4) is 0 Å². The van der Waals surface area contributed by atoms with Crippen molar-refractivity contribution in [2.24, 2.45) is 0 Å². The number of hydrogen-bond acceptors (Lipinski definition) is 7. The van der Waals surface area contributed by atoms with E-state index in [-0.39, 0.29) is 23.6 Å². The summed E-state index contributed by atoms with van der Waals surface area (Å²) in [5.74, 6) is 0.867. The normalized spacial score (nSPS) is 16.6. The Morgan fingerprint density at radius 3 is 2.72 bits per heavy atom. The van der Waals surface area contributed by atoms with Crippen LogP contribution in [-0.4, -0.2) is 63.1 Å². The molecule has 1 atom stereocenters. The predicted molar refractivity (Wildman–Crippen MR) is 113 cm³/mol. The monoisotopic (exact) mass is 434 g/mol. The van der Waals surface area contributed by atoms with Crippen LogP contribution >= 0.6 is 23.4 Å².